The molecule has 0 bridgehead atoms. The number of H-pyrrole nitrogens is 1. The van der Waals surface area contributed by atoms with Gasteiger partial charge in [-0.2, -0.15) is 4.98 Å². The van der Waals surface area contributed by atoms with Gasteiger partial charge in [0.15, 0.2) is 11.2 Å². The van der Waals surface area contributed by atoms with Crippen LogP contribution in [-0.4, -0.2) is 54.0 Å². The molecule has 154 valence electrons. The zero-order chi connectivity index (χ0) is 21.8. The van der Waals surface area contributed by atoms with Gasteiger partial charge >= 0.3 is 11.9 Å². The lowest BCUT2D eigenvalue weighted by atomic mass is 10.1. The number of benzene rings is 1. The molecule has 0 atom stereocenters. The van der Waals surface area contributed by atoms with E-state index in [1.807, 2.05) is 5.32 Å². The highest BCUT2D eigenvalue weighted by atomic mass is 16.4. The highest BCUT2D eigenvalue weighted by molar-refractivity contribution is 6.04. The largest absolute Gasteiger partial charge is 0.479 e. The predicted molar refractivity (Wildman–Crippen MR) is 103 cm³/mol. The second-order valence-electron chi connectivity index (χ2n) is 6.00. The Morgan fingerprint density at radius 1 is 1.10 bits per heavy atom. The van der Waals surface area contributed by atoms with Crippen molar-refractivity contribution in [1.82, 2.24) is 25.3 Å². The molecule has 30 heavy (non-hydrogen) atoms. The van der Waals surface area contributed by atoms with Gasteiger partial charge in [0.25, 0.3) is 11.5 Å². The highest BCUT2D eigenvalue weighted by Crippen LogP contribution is 2.12. The van der Waals surface area contributed by atoms with Crippen LogP contribution in [0.1, 0.15) is 16.1 Å². The zero-order valence-corrected chi connectivity index (χ0v) is 15.1. The van der Waals surface area contributed by atoms with Gasteiger partial charge < -0.3 is 26.6 Å². The molecule has 0 unspecified atom stereocenters. The third-order valence-corrected chi connectivity index (χ3v) is 3.88. The lowest BCUT2D eigenvalue weighted by Gasteiger charge is -2.11. The fourth-order valence-electron chi connectivity index (χ4n) is 2.43. The average molecular weight is 413 g/mol. The molecule has 13 nitrogen and oxygen atoms in total. The summed E-state index contributed by atoms with van der Waals surface area (Å²) in [5.41, 5.74) is 6.23. The van der Waals surface area contributed by atoms with E-state index in [0.717, 1.165) is 0 Å². The molecule has 0 spiro atoms. The predicted octanol–water partition coefficient (Wildman–Crippen LogP) is -0.825. The van der Waals surface area contributed by atoms with Crippen LogP contribution >= 0.6 is 0 Å². The molecule has 0 saturated carbocycles. The third kappa shape index (κ3) is 4.46. The molecule has 1 aromatic carbocycles. The SMILES string of the molecule is Nc1nc2ncc(CNc3ccc(C(=O)NC(C(=O)O)C(=O)O)cc3)nc2c(=O)[nH]1. The quantitative estimate of drug-likeness (QED) is 0.263. The summed E-state index contributed by atoms with van der Waals surface area (Å²) in [5.74, 6) is -4.26. The van der Waals surface area contributed by atoms with Crippen molar-refractivity contribution >= 4 is 40.6 Å². The van der Waals surface area contributed by atoms with E-state index in [1.54, 1.807) is 0 Å². The van der Waals surface area contributed by atoms with Gasteiger partial charge in [0, 0.05) is 11.3 Å². The Morgan fingerprint density at radius 3 is 2.40 bits per heavy atom. The maximum Gasteiger partial charge on any atom is 0.338 e. The van der Waals surface area contributed by atoms with Gasteiger partial charge in [0.05, 0.1) is 18.4 Å². The molecular formula is C17H15N7O6. The molecular weight excluding hydrogens is 398 g/mol. The van der Waals surface area contributed by atoms with Crippen LogP contribution in [0.15, 0.2) is 35.3 Å². The number of carbonyl (C=O) groups excluding carboxylic acids is 1. The number of carboxylic acid groups (broad SMARTS) is 2. The Hall–Kier alpha value is -4.55. The van der Waals surface area contributed by atoms with Crippen molar-refractivity contribution in [3.63, 3.8) is 0 Å². The summed E-state index contributed by atoms with van der Waals surface area (Å²) in [4.78, 5) is 60.0. The molecule has 2 heterocycles. The summed E-state index contributed by atoms with van der Waals surface area (Å²) in [6, 6.07) is 3.81. The number of aromatic nitrogens is 4. The number of nitrogens with two attached hydrogens (primary N) is 1. The van der Waals surface area contributed by atoms with E-state index in [4.69, 9.17) is 15.9 Å². The third-order valence-electron chi connectivity index (χ3n) is 3.88. The van der Waals surface area contributed by atoms with Crippen LogP contribution in [-0.2, 0) is 16.1 Å². The number of aliphatic carboxylic acids is 2. The Balaban J connectivity index is 1.67. The van der Waals surface area contributed by atoms with Crippen LogP contribution in [0.5, 0.6) is 0 Å². The lowest BCUT2D eigenvalue weighted by molar-refractivity contribution is -0.150. The number of nitrogen functional groups attached to an aromatic ring is 1. The molecule has 0 radical (unpaired) electrons. The second kappa shape index (κ2) is 8.22. The zero-order valence-electron chi connectivity index (χ0n) is 15.1. The van der Waals surface area contributed by atoms with Crippen molar-refractivity contribution in [2.75, 3.05) is 11.1 Å². The fraction of sp³-hybridized carbons (Fsp3) is 0.118. The number of anilines is 2. The summed E-state index contributed by atoms with van der Waals surface area (Å²) >= 11 is 0. The first-order valence-corrected chi connectivity index (χ1v) is 8.36. The molecule has 3 aromatic rings. The van der Waals surface area contributed by atoms with Crippen molar-refractivity contribution in [3.8, 4) is 0 Å². The number of nitrogens with zero attached hydrogens (tertiary/aromatic N) is 3. The van der Waals surface area contributed by atoms with E-state index in [9.17, 15) is 19.2 Å². The monoisotopic (exact) mass is 413 g/mol. The number of fused-ring (bicyclic) bond motifs is 1. The van der Waals surface area contributed by atoms with Crippen LogP contribution in [0.25, 0.3) is 11.2 Å². The van der Waals surface area contributed by atoms with Crippen LogP contribution in [0.3, 0.4) is 0 Å². The van der Waals surface area contributed by atoms with Gasteiger partial charge in [-0.05, 0) is 24.3 Å². The number of hydrogen-bond acceptors (Lipinski definition) is 9. The van der Waals surface area contributed by atoms with E-state index >= 15 is 0 Å². The van der Waals surface area contributed by atoms with E-state index in [1.165, 1.54) is 30.5 Å². The Morgan fingerprint density at radius 2 is 1.77 bits per heavy atom. The summed E-state index contributed by atoms with van der Waals surface area (Å²) in [6.45, 7) is 0.207. The van der Waals surface area contributed by atoms with Gasteiger partial charge in [-0.15, -0.1) is 0 Å². The van der Waals surface area contributed by atoms with Gasteiger partial charge in [-0.3, -0.25) is 14.6 Å². The Labute approximate surface area is 167 Å². The van der Waals surface area contributed by atoms with Crippen molar-refractivity contribution in [2.45, 2.75) is 12.6 Å². The number of carboxylic acids is 2. The van der Waals surface area contributed by atoms with Crippen LogP contribution in [0, 0.1) is 0 Å². The number of aromatic amines is 1. The van der Waals surface area contributed by atoms with Gasteiger partial charge in [-0.1, -0.05) is 0 Å². The summed E-state index contributed by atoms with van der Waals surface area (Å²) in [5, 5.41) is 22.6. The molecule has 0 aliphatic carbocycles. The second-order valence-corrected chi connectivity index (χ2v) is 6.00. The van der Waals surface area contributed by atoms with Crippen molar-refractivity contribution in [1.29, 1.82) is 0 Å². The Kier molecular flexibility index (Phi) is 5.53. The van der Waals surface area contributed by atoms with Gasteiger partial charge in [0.2, 0.25) is 12.0 Å². The van der Waals surface area contributed by atoms with Gasteiger partial charge in [-0.25, -0.2) is 19.6 Å². The maximum absolute atomic E-state index is 12.0. The van der Waals surface area contributed by atoms with E-state index in [-0.39, 0.29) is 29.2 Å². The topological polar surface area (TPSA) is 213 Å². The molecule has 1 amide bonds. The smallest absolute Gasteiger partial charge is 0.338 e. The Bertz CT molecular complexity index is 1180. The van der Waals surface area contributed by atoms with Crippen molar-refractivity contribution in [3.05, 3.63) is 52.1 Å². The van der Waals surface area contributed by atoms with E-state index in [0.29, 0.717) is 11.4 Å². The molecule has 2 aromatic heterocycles. The van der Waals surface area contributed by atoms with E-state index in [2.05, 4.69) is 25.3 Å². The molecule has 0 saturated heterocycles. The number of hydrogen-bond donors (Lipinski definition) is 6. The summed E-state index contributed by atoms with van der Waals surface area (Å²) in [7, 11) is 0. The fourth-order valence-corrected chi connectivity index (χ4v) is 2.43. The van der Waals surface area contributed by atoms with Crippen LogP contribution in [0.4, 0.5) is 11.6 Å². The normalized spacial score (nSPS) is 10.7. The number of rotatable bonds is 7. The van der Waals surface area contributed by atoms with Crippen molar-refractivity contribution in [2.24, 2.45) is 0 Å². The van der Waals surface area contributed by atoms with Crippen LogP contribution in [0.2, 0.25) is 0 Å². The molecule has 0 aliphatic heterocycles. The first-order valence-electron chi connectivity index (χ1n) is 8.36. The molecule has 0 aliphatic rings. The van der Waals surface area contributed by atoms with Gasteiger partial charge in [0.1, 0.15) is 0 Å². The summed E-state index contributed by atoms with van der Waals surface area (Å²) < 4.78 is 0. The van der Waals surface area contributed by atoms with Crippen molar-refractivity contribution < 1.29 is 24.6 Å². The van der Waals surface area contributed by atoms with Crippen LogP contribution < -0.4 is 21.9 Å². The minimum absolute atomic E-state index is 0.0435. The first-order chi connectivity index (χ1) is 14.2. The first kappa shape index (κ1) is 20.2. The van der Waals surface area contributed by atoms with E-state index < -0.39 is 29.4 Å². The highest BCUT2D eigenvalue weighted by Gasteiger charge is 2.27. The lowest BCUT2D eigenvalue weighted by Crippen LogP contribution is -2.46. The average Bonchev–Trinajstić information content (AvgIpc) is 2.70. The maximum atomic E-state index is 12.0. The molecule has 13 heteroatoms. The molecule has 3 rings (SSSR count). The minimum Gasteiger partial charge on any atom is -0.479 e. The summed E-state index contributed by atoms with van der Waals surface area (Å²) in [6.07, 6.45) is 1.43. The molecule has 7 N–H and O–H groups in total. The minimum atomic E-state index is -2.05. The number of carbonyl (C=O) groups is 3. The number of nitrogens with one attached hydrogen (secondary N) is 3. The standard InChI is InChI=1S/C17H15N7O6/c18-17-23-12-10(14(26)24-17)21-9(6-20-12)5-19-8-3-1-7(2-4-8)13(25)22-11(15(27)28)16(29)30/h1-4,6,11,19H,5H2,(H,22,25)(H,27,28)(H,29,30)(H3,18,20,23,24,26). The molecule has 0 fully saturated rings. The number of amides is 1.